The second-order valence-corrected chi connectivity index (χ2v) is 5.98. The molecule has 0 aliphatic carbocycles. The summed E-state index contributed by atoms with van der Waals surface area (Å²) < 4.78 is 0. The lowest BCUT2D eigenvalue weighted by atomic mass is 10.0. The smallest absolute Gasteiger partial charge is 0.292 e. The number of nitrogens with zero attached hydrogens (tertiary/aromatic N) is 2. The Morgan fingerprint density at radius 3 is 2.75 bits per heavy atom. The van der Waals surface area contributed by atoms with Gasteiger partial charge in [-0.05, 0) is 40.4 Å². The molecule has 0 bridgehead atoms. The Morgan fingerprint density at radius 2 is 2.15 bits per heavy atom. The highest BCUT2D eigenvalue weighted by molar-refractivity contribution is 5.77. The van der Waals surface area contributed by atoms with Crippen molar-refractivity contribution in [3.8, 4) is 0 Å². The molecular formula is C14H22N4O2. The van der Waals surface area contributed by atoms with Gasteiger partial charge in [-0.2, -0.15) is 0 Å². The fraction of sp³-hybridized carbons (Fsp3) is 0.571. The molecule has 20 heavy (non-hydrogen) atoms. The molecule has 2 N–H and O–H groups in total. The van der Waals surface area contributed by atoms with Crippen LogP contribution in [0, 0.1) is 10.1 Å². The van der Waals surface area contributed by atoms with Crippen molar-refractivity contribution in [2.75, 3.05) is 37.8 Å². The average Bonchev–Trinajstić information content (AvgIpc) is 2.83. The van der Waals surface area contributed by atoms with E-state index in [9.17, 15) is 10.1 Å². The van der Waals surface area contributed by atoms with Crippen molar-refractivity contribution in [3.63, 3.8) is 0 Å². The van der Waals surface area contributed by atoms with E-state index in [1.54, 1.807) is 12.1 Å². The summed E-state index contributed by atoms with van der Waals surface area (Å²) in [5.41, 5.74) is 2.76. The van der Waals surface area contributed by atoms with Gasteiger partial charge in [0.15, 0.2) is 0 Å². The minimum Gasteiger partial charge on any atom is -0.384 e. The molecular weight excluding hydrogens is 256 g/mol. The summed E-state index contributed by atoms with van der Waals surface area (Å²) in [6.45, 7) is 5.69. The highest BCUT2D eigenvalue weighted by Crippen LogP contribution is 2.37. The minimum atomic E-state index is -0.316. The topological polar surface area (TPSA) is 70.4 Å². The maximum absolute atomic E-state index is 11.2. The van der Waals surface area contributed by atoms with Crippen LogP contribution in [-0.4, -0.2) is 42.5 Å². The molecule has 1 aliphatic heterocycles. The molecule has 0 atom stereocenters. The first-order valence-electron chi connectivity index (χ1n) is 6.78. The molecule has 0 unspecified atom stereocenters. The Hall–Kier alpha value is -1.82. The van der Waals surface area contributed by atoms with Crippen LogP contribution in [-0.2, 0) is 6.42 Å². The third kappa shape index (κ3) is 2.70. The van der Waals surface area contributed by atoms with Crippen molar-refractivity contribution in [1.29, 1.82) is 0 Å². The van der Waals surface area contributed by atoms with Crippen LogP contribution in [0.25, 0.3) is 0 Å². The number of anilines is 2. The van der Waals surface area contributed by atoms with Gasteiger partial charge in [-0.15, -0.1) is 0 Å². The van der Waals surface area contributed by atoms with Gasteiger partial charge in [0.05, 0.1) is 4.92 Å². The first-order valence-corrected chi connectivity index (χ1v) is 6.78. The van der Waals surface area contributed by atoms with Gasteiger partial charge in [0.2, 0.25) is 0 Å². The van der Waals surface area contributed by atoms with Crippen molar-refractivity contribution in [1.82, 2.24) is 4.90 Å². The van der Waals surface area contributed by atoms with E-state index in [-0.39, 0.29) is 16.1 Å². The zero-order valence-electron chi connectivity index (χ0n) is 12.5. The SMILES string of the molecule is CN(C)C(C)(C)CNc1c([N+](=O)[O-])ccc2c1CCN2. The van der Waals surface area contributed by atoms with Gasteiger partial charge >= 0.3 is 0 Å². The summed E-state index contributed by atoms with van der Waals surface area (Å²) in [5.74, 6) is 0. The summed E-state index contributed by atoms with van der Waals surface area (Å²) in [7, 11) is 4.01. The summed E-state index contributed by atoms with van der Waals surface area (Å²) in [5, 5.41) is 17.8. The Morgan fingerprint density at radius 1 is 1.45 bits per heavy atom. The molecule has 0 saturated carbocycles. The number of hydrogen-bond acceptors (Lipinski definition) is 5. The van der Waals surface area contributed by atoms with E-state index in [1.807, 2.05) is 14.1 Å². The molecule has 2 rings (SSSR count). The number of rotatable bonds is 5. The predicted molar refractivity (Wildman–Crippen MR) is 81.5 cm³/mol. The van der Waals surface area contributed by atoms with Crippen molar-refractivity contribution in [2.24, 2.45) is 0 Å². The Labute approximate surface area is 119 Å². The number of fused-ring (bicyclic) bond motifs is 1. The van der Waals surface area contributed by atoms with Crippen LogP contribution in [0.5, 0.6) is 0 Å². The van der Waals surface area contributed by atoms with Crippen LogP contribution in [0.1, 0.15) is 19.4 Å². The van der Waals surface area contributed by atoms with Crippen LogP contribution >= 0.6 is 0 Å². The molecule has 6 heteroatoms. The molecule has 1 aromatic carbocycles. The molecule has 1 aliphatic rings. The van der Waals surface area contributed by atoms with Crippen LogP contribution in [0.2, 0.25) is 0 Å². The number of likely N-dealkylation sites (N-methyl/N-ethyl adjacent to an activating group) is 1. The molecule has 0 spiro atoms. The maximum Gasteiger partial charge on any atom is 0.292 e. The maximum atomic E-state index is 11.2. The quantitative estimate of drug-likeness (QED) is 0.639. The van der Waals surface area contributed by atoms with Crippen molar-refractivity contribution in [3.05, 3.63) is 27.8 Å². The number of hydrogen-bond donors (Lipinski definition) is 2. The minimum absolute atomic E-state index is 0.0807. The highest BCUT2D eigenvalue weighted by Gasteiger charge is 2.26. The zero-order valence-corrected chi connectivity index (χ0v) is 12.5. The zero-order chi connectivity index (χ0) is 14.9. The number of nitrogens with one attached hydrogen (secondary N) is 2. The fourth-order valence-electron chi connectivity index (χ4n) is 2.20. The van der Waals surface area contributed by atoms with E-state index >= 15 is 0 Å². The van der Waals surface area contributed by atoms with Crippen molar-refractivity contribution >= 4 is 17.1 Å². The molecule has 0 amide bonds. The van der Waals surface area contributed by atoms with Crippen molar-refractivity contribution < 1.29 is 4.92 Å². The summed E-state index contributed by atoms with van der Waals surface area (Å²) in [4.78, 5) is 13.0. The highest BCUT2D eigenvalue weighted by atomic mass is 16.6. The first-order chi connectivity index (χ1) is 9.33. The molecule has 0 radical (unpaired) electrons. The van der Waals surface area contributed by atoms with E-state index in [2.05, 4.69) is 29.4 Å². The van der Waals surface area contributed by atoms with Crippen LogP contribution in [0.4, 0.5) is 17.1 Å². The second kappa shape index (κ2) is 5.28. The van der Waals surface area contributed by atoms with E-state index in [4.69, 9.17) is 0 Å². The van der Waals surface area contributed by atoms with Gasteiger partial charge < -0.3 is 15.5 Å². The summed E-state index contributed by atoms with van der Waals surface area (Å²) in [6, 6.07) is 3.37. The largest absolute Gasteiger partial charge is 0.384 e. The van der Waals surface area contributed by atoms with Gasteiger partial charge in [-0.1, -0.05) is 0 Å². The van der Waals surface area contributed by atoms with Gasteiger partial charge in [0, 0.05) is 35.9 Å². The van der Waals surface area contributed by atoms with Gasteiger partial charge in [-0.25, -0.2) is 0 Å². The molecule has 110 valence electrons. The number of nitro benzene ring substituents is 1. The van der Waals surface area contributed by atoms with E-state index < -0.39 is 0 Å². The van der Waals surface area contributed by atoms with E-state index in [0.29, 0.717) is 12.2 Å². The second-order valence-electron chi connectivity index (χ2n) is 5.98. The van der Waals surface area contributed by atoms with Crippen molar-refractivity contribution in [2.45, 2.75) is 25.8 Å². The van der Waals surface area contributed by atoms with Gasteiger partial charge in [0.25, 0.3) is 5.69 Å². The van der Waals surface area contributed by atoms with Crippen LogP contribution < -0.4 is 10.6 Å². The first kappa shape index (κ1) is 14.6. The molecule has 0 fully saturated rings. The predicted octanol–water partition coefficient (Wildman–Crippen LogP) is 2.31. The molecule has 0 aromatic heterocycles. The Bertz CT molecular complexity index is 526. The number of nitro groups is 1. The fourth-order valence-corrected chi connectivity index (χ4v) is 2.20. The Kier molecular flexibility index (Phi) is 3.85. The molecule has 6 nitrogen and oxygen atoms in total. The Balaban J connectivity index is 2.30. The van der Waals surface area contributed by atoms with Gasteiger partial charge in [-0.3, -0.25) is 10.1 Å². The lowest BCUT2D eigenvalue weighted by molar-refractivity contribution is -0.384. The van der Waals surface area contributed by atoms with Crippen LogP contribution in [0.3, 0.4) is 0 Å². The average molecular weight is 278 g/mol. The summed E-state index contributed by atoms with van der Waals surface area (Å²) >= 11 is 0. The lowest BCUT2D eigenvalue weighted by Crippen LogP contribution is -2.44. The van der Waals surface area contributed by atoms with Gasteiger partial charge in [0.1, 0.15) is 5.69 Å². The molecule has 1 heterocycles. The molecule has 0 saturated heterocycles. The lowest BCUT2D eigenvalue weighted by Gasteiger charge is -2.33. The normalized spacial score (nSPS) is 14.1. The third-order valence-electron chi connectivity index (χ3n) is 4.09. The number of benzene rings is 1. The van der Waals surface area contributed by atoms with E-state index in [0.717, 1.165) is 24.2 Å². The molecule has 1 aromatic rings. The summed E-state index contributed by atoms with van der Waals surface area (Å²) in [6.07, 6.45) is 0.821. The third-order valence-corrected chi connectivity index (χ3v) is 4.09. The van der Waals surface area contributed by atoms with E-state index in [1.165, 1.54) is 0 Å². The van der Waals surface area contributed by atoms with Crippen LogP contribution in [0.15, 0.2) is 12.1 Å². The monoisotopic (exact) mass is 278 g/mol. The standard InChI is InChI=1S/C14H22N4O2/c1-14(2,17(3)4)9-16-13-10-7-8-15-11(10)5-6-12(13)18(19)20/h5-6,15-16H,7-9H2,1-4H3.